The molecule has 0 amide bonds. The molecule has 0 saturated heterocycles. The smallest absolute Gasteiger partial charge is 0.119 e. The summed E-state index contributed by atoms with van der Waals surface area (Å²) < 4.78 is 5.81. The molecular formula is C17H26O3. The van der Waals surface area contributed by atoms with E-state index in [-0.39, 0.29) is 12.0 Å². The quantitative estimate of drug-likeness (QED) is 0.838. The number of rotatable bonds is 6. The molecule has 1 fully saturated rings. The number of aliphatic hydroxyl groups is 2. The van der Waals surface area contributed by atoms with Crippen LogP contribution >= 0.6 is 0 Å². The van der Waals surface area contributed by atoms with Crippen LogP contribution in [-0.2, 0) is 0 Å². The molecule has 2 rings (SSSR count). The maximum atomic E-state index is 10.0. The molecule has 3 heteroatoms. The van der Waals surface area contributed by atoms with Gasteiger partial charge in [0.1, 0.15) is 5.75 Å². The molecule has 0 radical (unpaired) electrons. The maximum absolute atomic E-state index is 10.0. The molecule has 2 N–H and O–H groups in total. The number of benzene rings is 1. The number of hydrogen-bond donors (Lipinski definition) is 2. The van der Waals surface area contributed by atoms with Crippen LogP contribution in [0.1, 0.15) is 57.1 Å². The largest absolute Gasteiger partial charge is 0.493 e. The van der Waals surface area contributed by atoms with E-state index in [0.29, 0.717) is 6.61 Å². The van der Waals surface area contributed by atoms with Crippen molar-refractivity contribution < 1.29 is 14.9 Å². The lowest BCUT2D eigenvalue weighted by Crippen LogP contribution is -2.29. The van der Waals surface area contributed by atoms with Crippen LogP contribution in [0.25, 0.3) is 0 Å². The average molecular weight is 278 g/mol. The summed E-state index contributed by atoms with van der Waals surface area (Å²) >= 11 is 0. The maximum Gasteiger partial charge on any atom is 0.119 e. The van der Waals surface area contributed by atoms with Gasteiger partial charge in [-0.3, -0.25) is 0 Å². The van der Waals surface area contributed by atoms with E-state index in [9.17, 15) is 10.2 Å². The van der Waals surface area contributed by atoms with Crippen LogP contribution in [0.4, 0.5) is 0 Å². The molecule has 1 aliphatic carbocycles. The molecular weight excluding hydrogens is 252 g/mol. The van der Waals surface area contributed by atoms with Crippen LogP contribution in [0.2, 0.25) is 0 Å². The molecule has 3 nitrogen and oxygen atoms in total. The monoisotopic (exact) mass is 278 g/mol. The summed E-state index contributed by atoms with van der Waals surface area (Å²) in [6, 6.07) is 7.68. The number of hydrogen-bond acceptors (Lipinski definition) is 3. The normalized spacial score (nSPS) is 24.4. The van der Waals surface area contributed by atoms with Crippen molar-refractivity contribution in [1.82, 2.24) is 0 Å². The Balaban J connectivity index is 1.90. The highest BCUT2D eigenvalue weighted by atomic mass is 16.5. The summed E-state index contributed by atoms with van der Waals surface area (Å²) in [5.41, 5.74) is 0.911. The first-order chi connectivity index (χ1) is 9.70. The van der Waals surface area contributed by atoms with Gasteiger partial charge in [-0.25, -0.2) is 0 Å². The Bertz CT molecular complexity index is 405. The van der Waals surface area contributed by atoms with Crippen molar-refractivity contribution in [2.45, 2.75) is 57.7 Å². The Morgan fingerprint density at radius 2 is 2.10 bits per heavy atom. The molecule has 0 heterocycles. The summed E-state index contributed by atoms with van der Waals surface area (Å²) in [7, 11) is 0. The minimum absolute atomic E-state index is 0.224. The van der Waals surface area contributed by atoms with Crippen LogP contribution in [0.3, 0.4) is 0 Å². The molecule has 1 aromatic carbocycles. The van der Waals surface area contributed by atoms with Gasteiger partial charge in [0.2, 0.25) is 0 Å². The standard InChI is InChI=1S/C17H26O3/c1-2-6-16(18)13-8-5-9-15(11-13)20-12-14-7-3-4-10-17(14)19/h5,8-9,11,14,16-19H,2-4,6-7,10,12H2,1H3/t14-,16-,17+/m1/s1. The third-order valence-electron chi connectivity index (χ3n) is 4.14. The van der Waals surface area contributed by atoms with Crippen LogP contribution in [-0.4, -0.2) is 22.9 Å². The average Bonchev–Trinajstić information content (AvgIpc) is 2.47. The van der Waals surface area contributed by atoms with E-state index in [1.807, 2.05) is 24.3 Å². The van der Waals surface area contributed by atoms with Gasteiger partial charge in [0.25, 0.3) is 0 Å². The first-order valence-electron chi connectivity index (χ1n) is 7.79. The number of ether oxygens (including phenoxy) is 1. The summed E-state index contributed by atoms with van der Waals surface area (Å²) in [6.07, 6.45) is 5.33. The molecule has 112 valence electrons. The molecule has 0 aliphatic heterocycles. The zero-order chi connectivity index (χ0) is 14.4. The van der Waals surface area contributed by atoms with Gasteiger partial charge < -0.3 is 14.9 Å². The van der Waals surface area contributed by atoms with Crippen LogP contribution < -0.4 is 4.74 Å². The Hall–Kier alpha value is -1.06. The second-order valence-electron chi connectivity index (χ2n) is 5.80. The van der Waals surface area contributed by atoms with Gasteiger partial charge in [-0.1, -0.05) is 38.3 Å². The Labute approximate surface area is 121 Å². The molecule has 0 bridgehead atoms. The fourth-order valence-electron chi connectivity index (χ4n) is 2.84. The predicted molar refractivity (Wildman–Crippen MR) is 79.8 cm³/mol. The van der Waals surface area contributed by atoms with Crippen molar-refractivity contribution in [2.75, 3.05) is 6.61 Å². The van der Waals surface area contributed by atoms with Crippen molar-refractivity contribution in [3.8, 4) is 5.75 Å². The van der Waals surface area contributed by atoms with Crippen molar-refractivity contribution in [3.05, 3.63) is 29.8 Å². The predicted octanol–water partition coefficient (Wildman–Crippen LogP) is 3.45. The van der Waals surface area contributed by atoms with Crippen molar-refractivity contribution >= 4 is 0 Å². The zero-order valence-electron chi connectivity index (χ0n) is 12.3. The van der Waals surface area contributed by atoms with Crippen LogP contribution in [0, 0.1) is 5.92 Å². The minimum atomic E-state index is -0.413. The van der Waals surface area contributed by atoms with E-state index in [1.54, 1.807) is 0 Å². The molecule has 1 aliphatic rings. The second kappa shape index (κ2) is 7.65. The highest BCUT2D eigenvalue weighted by Crippen LogP contribution is 2.27. The molecule has 1 saturated carbocycles. The second-order valence-corrected chi connectivity index (χ2v) is 5.80. The highest BCUT2D eigenvalue weighted by molar-refractivity contribution is 5.29. The van der Waals surface area contributed by atoms with E-state index in [4.69, 9.17) is 4.74 Å². The van der Waals surface area contributed by atoms with Gasteiger partial charge in [-0.2, -0.15) is 0 Å². The van der Waals surface area contributed by atoms with Crippen molar-refractivity contribution in [1.29, 1.82) is 0 Å². The lowest BCUT2D eigenvalue weighted by molar-refractivity contribution is 0.0421. The SMILES string of the molecule is CCC[C@@H](O)c1cccc(OC[C@H]2CCCC[C@@H]2O)c1. The topological polar surface area (TPSA) is 49.7 Å². The molecule has 1 aromatic rings. The molecule has 0 aromatic heterocycles. The lowest BCUT2D eigenvalue weighted by atomic mass is 9.87. The van der Waals surface area contributed by atoms with Crippen LogP contribution in [0.5, 0.6) is 5.75 Å². The lowest BCUT2D eigenvalue weighted by Gasteiger charge is -2.27. The molecule has 0 unspecified atom stereocenters. The number of aliphatic hydroxyl groups excluding tert-OH is 2. The van der Waals surface area contributed by atoms with E-state index in [1.165, 1.54) is 6.42 Å². The van der Waals surface area contributed by atoms with E-state index in [0.717, 1.165) is 43.4 Å². The van der Waals surface area contributed by atoms with Crippen molar-refractivity contribution in [3.63, 3.8) is 0 Å². The summed E-state index contributed by atoms with van der Waals surface area (Å²) in [5.74, 6) is 1.03. The van der Waals surface area contributed by atoms with Gasteiger partial charge in [-0.05, 0) is 37.0 Å². The molecule has 0 spiro atoms. The van der Waals surface area contributed by atoms with Crippen molar-refractivity contribution in [2.24, 2.45) is 5.92 Å². The first kappa shape index (κ1) is 15.3. The Kier molecular flexibility index (Phi) is 5.86. The van der Waals surface area contributed by atoms with Gasteiger partial charge in [-0.15, -0.1) is 0 Å². The fourth-order valence-corrected chi connectivity index (χ4v) is 2.84. The van der Waals surface area contributed by atoms with E-state index in [2.05, 4.69) is 6.92 Å². The van der Waals surface area contributed by atoms with E-state index >= 15 is 0 Å². The summed E-state index contributed by atoms with van der Waals surface area (Å²) in [6.45, 7) is 2.63. The Morgan fingerprint density at radius 1 is 1.30 bits per heavy atom. The minimum Gasteiger partial charge on any atom is -0.493 e. The van der Waals surface area contributed by atoms with Gasteiger partial charge in [0.05, 0.1) is 18.8 Å². The van der Waals surface area contributed by atoms with Crippen LogP contribution in [0.15, 0.2) is 24.3 Å². The summed E-state index contributed by atoms with van der Waals surface area (Å²) in [4.78, 5) is 0. The zero-order valence-corrected chi connectivity index (χ0v) is 12.3. The third kappa shape index (κ3) is 4.22. The fraction of sp³-hybridized carbons (Fsp3) is 0.647. The van der Waals surface area contributed by atoms with E-state index < -0.39 is 6.10 Å². The van der Waals surface area contributed by atoms with Gasteiger partial charge in [0.15, 0.2) is 0 Å². The third-order valence-corrected chi connectivity index (χ3v) is 4.14. The first-order valence-corrected chi connectivity index (χ1v) is 7.79. The molecule has 3 atom stereocenters. The van der Waals surface area contributed by atoms with Gasteiger partial charge >= 0.3 is 0 Å². The molecule has 20 heavy (non-hydrogen) atoms. The highest BCUT2D eigenvalue weighted by Gasteiger charge is 2.23. The summed E-state index contributed by atoms with van der Waals surface area (Å²) in [5, 5.41) is 19.9. The Morgan fingerprint density at radius 3 is 2.85 bits per heavy atom. The van der Waals surface area contributed by atoms with Gasteiger partial charge in [0, 0.05) is 5.92 Å².